The van der Waals surface area contributed by atoms with E-state index in [4.69, 9.17) is 4.74 Å². The maximum absolute atomic E-state index is 14.2. The highest BCUT2D eigenvalue weighted by Crippen LogP contribution is 2.26. The topological polar surface area (TPSA) is 59.4 Å². The molecule has 0 aliphatic rings. The van der Waals surface area contributed by atoms with Crippen molar-refractivity contribution in [3.63, 3.8) is 0 Å². The number of methoxy groups -OCH3 is 1. The quantitative estimate of drug-likeness (QED) is 0.841. The van der Waals surface area contributed by atoms with Gasteiger partial charge >= 0.3 is 0 Å². The largest absolute Gasteiger partial charge is 0.497 e. The molecule has 0 aliphatic carbocycles. The van der Waals surface area contributed by atoms with E-state index in [0.717, 1.165) is 6.54 Å². The molecule has 1 heterocycles. The summed E-state index contributed by atoms with van der Waals surface area (Å²) in [6, 6.07) is 6.18. The third-order valence-corrected chi connectivity index (χ3v) is 3.61. The van der Waals surface area contributed by atoms with Gasteiger partial charge in [-0.2, -0.15) is 5.10 Å². The van der Waals surface area contributed by atoms with E-state index in [0.29, 0.717) is 35.8 Å². The van der Waals surface area contributed by atoms with Crippen molar-refractivity contribution in [1.29, 1.82) is 0 Å². The number of rotatable bonds is 7. The van der Waals surface area contributed by atoms with Gasteiger partial charge in [-0.3, -0.25) is 9.48 Å². The maximum Gasteiger partial charge on any atom is 0.269 e. The Morgan fingerprint density at radius 2 is 2.12 bits per heavy atom. The SMILES string of the molecule is CCn1nc(-c2ccc(OC)cc2F)cc1C(=O)NCCN(C)C. The lowest BCUT2D eigenvalue weighted by molar-refractivity contribution is 0.0940. The number of hydrogen-bond donors (Lipinski definition) is 1. The van der Waals surface area contributed by atoms with Crippen molar-refractivity contribution in [1.82, 2.24) is 20.0 Å². The fourth-order valence-corrected chi connectivity index (χ4v) is 2.29. The van der Waals surface area contributed by atoms with Crippen molar-refractivity contribution in [2.24, 2.45) is 0 Å². The van der Waals surface area contributed by atoms with E-state index in [1.807, 2.05) is 25.9 Å². The smallest absolute Gasteiger partial charge is 0.269 e. The number of ether oxygens (including phenoxy) is 1. The summed E-state index contributed by atoms with van der Waals surface area (Å²) in [5.74, 6) is -0.214. The molecule has 1 N–H and O–H groups in total. The van der Waals surface area contributed by atoms with E-state index in [1.54, 1.807) is 22.9 Å². The van der Waals surface area contributed by atoms with Gasteiger partial charge in [-0.05, 0) is 39.2 Å². The van der Waals surface area contributed by atoms with Crippen molar-refractivity contribution in [3.8, 4) is 17.0 Å². The van der Waals surface area contributed by atoms with Crippen molar-refractivity contribution in [2.45, 2.75) is 13.5 Å². The number of amides is 1. The molecule has 2 rings (SSSR count). The van der Waals surface area contributed by atoms with Gasteiger partial charge in [0.1, 0.15) is 17.3 Å². The summed E-state index contributed by atoms with van der Waals surface area (Å²) >= 11 is 0. The van der Waals surface area contributed by atoms with Gasteiger partial charge < -0.3 is 15.0 Å². The predicted octanol–water partition coefficient (Wildman–Crippen LogP) is 2.01. The summed E-state index contributed by atoms with van der Waals surface area (Å²) in [7, 11) is 5.36. The maximum atomic E-state index is 14.2. The number of nitrogens with one attached hydrogen (secondary N) is 1. The molecule has 0 bridgehead atoms. The minimum atomic E-state index is -0.435. The number of hydrogen-bond acceptors (Lipinski definition) is 4. The van der Waals surface area contributed by atoms with Crippen LogP contribution in [0.4, 0.5) is 4.39 Å². The van der Waals surface area contributed by atoms with E-state index >= 15 is 0 Å². The average molecular weight is 334 g/mol. The Kier molecular flexibility index (Phi) is 5.92. The van der Waals surface area contributed by atoms with Crippen LogP contribution in [0.5, 0.6) is 5.75 Å². The van der Waals surface area contributed by atoms with E-state index in [-0.39, 0.29) is 5.91 Å². The molecule has 0 saturated heterocycles. The molecule has 6 nitrogen and oxygen atoms in total. The highest BCUT2D eigenvalue weighted by Gasteiger charge is 2.17. The minimum absolute atomic E-state index is 0.216. The van der Waals surface area contributed by atoms with Crippen LogP contribution in [0.2, 0.25) is 0 Å². The Bertz CT molecular complexity index is 713. The van der Waals surface area contributed by atoms with Crippen LogP contribution in [0.15, 0.2) is 24.3 Å². The summed E-state index contributed by atoms with van der Waals surface area (Å²) in [4.78, 5) is 14.3. The van der Waals surface area contributed by atoms with E-state index in [2.05, 4.69) is 10.4 Å². The van der Waals surface area contributed by atoms with Gasteiger partial charge in [0.25, 0.3) is 5.91 Å². The molecule has 0 atom stereocenters. The fraction of sp³-hybridized carbons (Fsp3) is 0.412. The average Bonchev–Trinajstić information content (AvgIpc) is 2.98. The molecule has 0 radical (unpaired) electrons. The number of halogens is 1. The van der Waals surface area contributed by atoms with Crippen LogP contribution in [0.3, 0.4) is 0 Å². The molecule has 0 unspecified atom stereocenters. The summed E-state index contributed by atoms with van der Waals surface area (Å²) in [5.41, 5.74) is 1.18. The molecule has 7 heteroatoms. The monoisotopic (exact) mass is 334 g/mol. The summed E-state index contributed by atoms with van der Waals surface area (Å²) < 4.78 is 20.8. The predicted molar refractivity (Wildman–Crippen MR) is 90.7 cm³/mol. The summed E-state index contributed by atoms with van der Waals surface area (Å²) in [6.07, 6.45) is 0. The van der Waals surface area contributed by atoms with Gasteiger partial charge in [-0.15, -0.1) is 0 Å². The molecule has 2 aromatic rings. The fourth-order valence-electron chi connectivity index (χ4n) is 2.29. The standard InChI is InChI=1S/C17H23FN4O2/c1-5-22-16(17(23)19-8-9-21(2)3)11-15(20-22)13-7-6-12(24-4)10-14(13)18/h6-7,10-11H,5,8-9H2,1-4H3,(H,19,23). The van der Waals surface area contributed by atoms with Gasteiger partial charge in [0.05, 0.1) is 12.8 Å². The summed E-state index contributed by atoms with van der Waals surface area (Å²) in [5, 5.41) is 7.19. The van der Waals surface area contributed by atoms with Gasteiger partial charge in [-0.1, -0.05) is 0 Å². The Balaban J connectivity index is 2.25. The molecule has 1 aromatic heterocycles. The number of aromatic nitrogens is 2. The van der Waals surface area contributed by atoms with Crippen molar-refractivity contribution >= 4 is 5.91 Å². The normalized spacial score (nSPS) is 10.9. The van der Waals surface area contributed by atoms with Crippen molar-refractivity contribution in [3.05, 3.63) is 35.8 Å². The van der Waals surface area contributed by atoms with Crippen LogP contribution in [0.25, 0.3) is 11.3 Å². The minimum Gasteiger partial charge on any atom is -0.497 e. The number of carbonyl (C=O) groups excluding carboxylic acids is 1. The lowest BCUT2D eigenvalue weighted by atomic mass is 10.1. The molecule has 0 fully saturated rings. The van der Waals surface area contributed by atoms with Crippen LogP contribution in [0.1, 0.15) is 17.4 Å². The van der Waals surface area contributed by atoms with Crippen molar-refractivity contribution < 1.29 is 13.9 Å². The number of aryl methyl sites for hydroxylation is 1. The Hall–Kier alpha value is -2.41. The van der Waals surface area contributed by atoms with Crippen LogP contribution >= 0.6 is 0 Å². The molecular formula is C17H23FN4O2. The molecule has 0 aliphatic heterocycles. The lowest BCUT2D eigenvalue weighted by Gasteiger charge is -2.10. The van der Waals surface area contributed by atoms with E-state index < -0.39 is 5.82 Å². The number of likely N-dealkylation sites (N-methyl/N-ethyl adjacent to an activating group) is 1. The van der Waals surface area contributed by atoms with Gasteiger partial charge in [0, 0.05) is 31.3 Å². The molecule has 24 heavy (non-hydrogen) atoms. The first-order valence-corrected chi connectivity index (χ1v) is 7.81. The van der Waals surface area contributed by atoms with E-state index in [1.165, 1.54) is 13.2 Å². The Labute approximate surface area is 141 Å². The zero-order valence-corrected chi connectivity index (χ0v) is 14.5. The first-order chi connectivity index (χ1) is 11.5. The second kappa shape index (κ2) is 7.92. The Morgan fingerprint density at radius 3 is 2.71 bits per heavy atom. The van der Waals surface area contributed by atoms with Crippen molar-refractivity contribution in [2.75, 3.05) is 34.3 Å². The Morgan fingerprint density at radius 1 is 1.38 bits per heavy atom. The molecular weight excluding hydrogens is 311 g/mol. The lowest BCUT2D eigenvalue weighted by Crippen LogP contribution is -2.32. The number of benzene rings is 1. The molecule has 1 amide bonds. The zero-order valence-electron chi connectivity index (χ0n) is 14.5. The highest BCUT2D eigenvalue weighted by atomic mass is 19.1. The van der Waals surface area contributed by atoms with Crippen LogP contribution in [0, 0.1) is 5.82 Å². The zero-order chi connectivity index (χ0) is 17.7. The molecule has 130 valence electrons. The second-order valence-corrected chi connectivity index (χ2v) is 5.64. The third kappa shape index (κ3) is 4.11. The third-order valence-electron chi connectivity index (χ3n) is 3.61. The first-order valence-electron chi connectivity index (χ1n) is 7.81. The summed E-state index contributed by atoms with van der Waals surface area (Å²) in [6.45, 7) is 3.69. The molecule has 0 spiro atoms. The number of nitrogens with zero attached hydrogens (tertiary/aromatic N) is 3. The van der Waals surface area contributed by atoms with Crippen LogP contribution in [-0.4, -0.2) is 54.9 Å². The first kappa shape index (κ1) is 17.9. The molecule has 1 aromatic carbocycles. The molecule has 0 saturated carbocycles. The van der Waals surface area contributed by atoms with Crippen LogP contribution < -0.4 is 10.1 Å². The van der Waals surface area contributed by atoms with E-state index in [9.17, 15) is 9.18 Å². The van der Waals surface area contributed by atoms with Gasteiger partial charge in [0.2, 0.25) is 0 Å². The second-order valence-electron chi connectivity index (χ2n) is 5.64. The number of carbonyl (C=O) groups is 1. The van der Waals surface area contributed by atoms with Crippen LogP contribution in [-0.2, 0) is 6.54 Å². The highest BCUT2D eigenvalue weighted by molar-refractivity contribution is 5.93. The van der Waals surface area contributed by atoms with Gasteiger partial charge in [-0.25, -0.2) is 4.39 Å². The van der Waals surface area contributed by atoms with Gasteiger partial charge in [0.15, 0.2) is 0 Å².